The molecule has 0 spiro atoms. The molecule has 0 radical (unpaired) electrons. The van der Waals surface area contributed by atoms with Crippen LogP contribution in [0, 0.1) is 0 Å². The van der Waals surface area contributed by atoms with Gasteiger partial charge in [0, 0.05) is 32.7 Å². The summed E-state index contributed by atoms with van der Waals surface area (Å²) < 4.78 is 5.55. The number of rotatable bonds is 7. The molecule has 1 aromatic carbocycles. The molecule has 0 amide bonds. The van der Waals surface area contributed by atoms with Gasteiger partial charge in [-0.05, 0) is 50.4 Å². The maximum absolute atomic E-state index is 5.55. The lowest BCUT2D eigenvalue weighted by molar-refractivity contribution is 0.206. The average Bonchev–Trinajstić information content (AvgIpc) is 2.61. The second-order valence-electron chi connectivity index (χ2n) is 6.27. The molecule has 1 saturated heterocycles. The molecule has 2 N–H and O–H groups in total. The van der Waals surface area contributed by atoms with E-state index in [0.29, 0.717) is 12.6 Å². The van der Waals surface area contributed by atoms with Crippen LogP contribution in [-0.4, -0.2) is 50.2 Å². The Balaban J connectivity index is 1.78. The van der Waals surface area contributed by atoms with Crippen molar-refractivity contribution in [3.63, 3.8) is 0 Å². The van der Waals surface area contributed by atoms with Crippen LogP contribution in [0.2, 0.25) is 0 Å². The molecule has 134 valence electrons. The summed E-state index contributed by atoms with van der Waals surface area (Å²) in [6.07, 6.45) is 3.60. The molecule has 0 saturated carbocycles. The van der Waals surface area contributed by atoms with E-state index < -0.39 is 0 Å². The van der Waals surface area contributed by atoms with Crippen LogP contribution in [0.15, 0.2) is 29.3 Å². The fraction of sp³-hybridized carbons (Fsp3) is 0.632. The lowest BCUT2D eigenvalue weighted by atomic mass is 10.1. The van der Waals surface area contributed by atoms with Crippen molar-refractivity contribution in [2.75, 3.05) is 33.3 Å². The number of piperidine rings is 1. The fourth-order valence-corrected chi connectivity index (χ4v) is 3.10. The number of nitrogens with zero attached hydrogens (tertiary/aromatic N) is 2. The molecule has 5 heteroatoms. The van der Waals surface area contributed by atoms with Gasteiger partial charge in [-0.3, -0.25) is 4.99 Å². The van der Waals surface area contributed by atoms with Gasteiger partial charge in [0.15, 0.2) is 5.96 Å². The predicted octanol–water partition coefficient (Wildman–Crippen LogP) is 2.62. The minimum Gasteiger partial charge on any atom is -0.494 e. The van der Waals surface area contributed by atoms with E-state index in [9.17, 15) is 0 Å². The summed E-state index contributed by atoms with van der Waals surface area (Å²) in [4.78, 5) is 6.91. The minimum atomic E-state index is 0.513. The van der Waals surface area contributed by atoms with E-state index in [-0.39, 0.29) is 0 Å². The lowest BCUT2D eigenvalue weighted by Crippen LogP contribution is -2.48. The normalized spacial score (nSPS) is 16.9. The number of hydrogen-bond acceptors (Lipinski definition) is 3. The van der Waals surface area contributed by atoms with Gasteiger partial charge in [-0.25, -0.2) is 0 Å². The number of guanidine groups is 1. The number of hydrogen-bond donors (Lipinski definition) is 2. The predicted molar refractivity (Wildman–Crippen MR) is 101 cm³/mol. The Labute approximate surface area is 146 Å². The largest absolute Gasteiger partial charge is 0.494 e. The Kier molecular flexibility index (Phi) is 7.89. The standard InChI is InChI=1S/C19H32N4O/c1-4-11-23-12-9-17(10-13-23)22-19(20-3)21-15-16-7-6-8-18(14-16)24-5-2/h6-8,14,17H,4-5,9-13,15H2,1-3H3,(H2,20,21,22). The summed E-state index contributed by atoms with van der Waals surface area (Å²) in [5.74, 6) is 1.80. The fourth-order valence-electron chi connectivity index (χ4n) is 3.10. The molecular formula is C19H32N4O. The van der Waals surface area contributed by atoms with Crippen LogP contribution < -0.4 is 15.4 Å². The van der Waals surface area contributed by atoms with Crippen molar-refractivity contribution in [3.05, 3.63) is 29.8 Å². The summed E-state index contributed by atoms with van der Waals surface area (Å²) in [5, 5.41) is 6.97. The lowest BCUT2D eigenvalue weighted by Gasteiger charge is -2.32. The van der Waals surface area contributed by atoms with E-state index in [2.05, 4.69) is 39.6 Å². The number of aliphatic imine (C=N–C) groups is 1. The van der Waals surface area contributed by atoms with Gasteiger partial charge >= 0.3 is 0 Å². The molecule has 1 aliphatic heterocycles. The Bertz CT molecular complexity index is 510. The third kappa shape index (κ3) is 6.04. The molecule has 0 atom stereocenters. The van der Waals surface area contributed by atoms with E-state index in [1.54, 1.807) is 0 Å². The molecule has 1 fully saturated rings. The molecule has 0 bridgehead atoms. The van der Waals surface area contributed by atoms with Gasteiger partial charge in [0.1, 0.15) is 5.75 Å². The molecule has 1 aliphatic rings. The summed E-state index contributed by atoms with van der Waals surface area (Å²) in [6.45, 7) is 9.26. The monoisotopic (exact) mass is 332 g/mol. The molecule has 5 nitrogen and oxygen atoms in total. The zero-order valence-corrected chi connectivity index (χ0v) is 15.3. The molecule has 24 heavy (non-hydrogen) atoms. The van der Waals surface area contributed by atoms with Crippen molar-refractivity contribution in [2.45, 2.75) is 45.7 Å². The van der Waals surface area contributed by atoms with Crippen molar-refractivity contribution < 1.29 is 4.74 Å². The van der Waals surface area contributed by atoms with E-state index in [1.165, 1.54) is 44.5 Å². The van der Waals surface area contributed by atoms with E-state index >= 15 is 0 Å². The highest BCUT2D eigenvalue weighted by atomic mass is 16.5. The van der Waals surface area contributed by atoms with Crippen LogP contribution in [-0.2, 0) is 6.54 Å². The Hall–Kier alpha value is -1.75. The second kappa shape index (κ2) is 10.2. The van der Waals surface area contributed by atoms with Gasteiger partial charge in [-0.2, -0.15) is 0 Å². The van der Waals surface area contributed by atoms with Gasteiger partial charge in [0.2, 0.25) is 0 Å². The molecule has 0 aromatic heterocycles. The van der Waals surface area contributed by atoms with Gasteiger partial charge in [-0.1, -0.05) is 19.1 Å². The number of nitrogens with one attached hydrogen (secondary N) is 2. The average molecular weight is 332 g/mol. The Morgan fingerprint density at radius 1 is 1.29 bits per heavy atom. The topological polar surface area (TPSA) is 48.9 Å². The Morgan fingerprint density at radius 3 is 2.75 bits per heavy atom. The molecule has 0 unspecified atom stereocenters. The van der Waals surface area contributed by atoms with Gasteiger partial charge in [0.05, 0.1) is 6.61 Å². The molecular weight excluding hydrogens is 300 g/mol. The summed E-state index contributed by atoms with van der Waals surface area (Å²) >= 11 is 0. The molecule has 1 aromatic rings. The number of ether oxygens (including phenoxy) is 1. The minimum absolute atomic E-state index is 0.513. The summed E-state index contributed by atoms with van der Waals surface area (Å²) in [7, 11) is 1.83. The van der Waals surface area contributed by atoms with E-state index in [4.69, 9.17) is 4.74 Å². The maximum Gasteiger partial charge on any atom is 0.191 e. The highest BCUT2D eigenvalue weighted by Crippen LogP contribution is 2.13. The highest BCUT2D eigenvalue weighted by molar-refractivity contribution is 5.79. The summed E-state index contributed by atoms with van der Waals surface area (Å²) in [5.41, 5.74) is 1.20. The summed E-state index contributed by atoms with van der Waals surface area (Å²) in [6, 6.07) is 8.71. The van der Waals surface area contributed by atoms with Crippen molar-refractivity contribution in [2.24, 2.45) is 4.99 Å². The smallest absolute Gasteiger partial charge is 0.191 e. The SMILES string of the molecule is CCCN1CCC(NC(=NC)NCc2cccc(OCC)c2)CC1. The van der Waals surface area contributed by atoms with Crippen LogP contribution in [0.25, 0.3) is 0 Å². The first kappa shape index (κ1) is 18.6. The third-order valence-corrected chi connectivity index (χ3v) is 4.36. The second-order valence-corrected chi connectivity index (χ2v) is 6.27. The van der Waals surface area contributed by atoms with Gasteiger partial charge in [0.25, 0.3) is 0 Å². The first-order chi connectivity index (χ1) is 11.7. The highest BCUT2D eigenvalue weighted by Gasteiger charge is 2.19. The van der Waals surface area contributed by atoms with Crippen LogP contribution in [0.4, 0.5) is 0 Å². The van der Waals surface area contributed by atoms with Crippen LogP contribution in [0.1, 0.15) is 38.7 Å². The zero-order valence-electron chi connectivity index (χ0n) is 15.3. The zero-order chi connectivity index (χ0) is 17.2. The van der Waals surface area contributed by atoms with Crippen LogP contribution >= 0.6 is 0 Å². The third-order valence-electron chi connectivity index (χ3n) is 4.36. The number of benzene rings is 1. The first-order valence-corrected chi connectivity index (χ1v) is 9.16. The van der Waals surface area contributed by atoms with Crippen molar-refractivity contribution >= 4 is 5.96 Å². The van der Waals surface area contributed by atoms with E-state index in [1.807, 2.05) is 26.1 Å². The molecule has 2 rings (SSSR count). The van der Waals surface area contributed by atoms with Crippen LogP contribution in [0.3, 0.4) is 0 Å². The van der Waals surface area contributed by atoms with Gasteiger partial charge in [-0.15, -0.1) is 0 Å². The van der Waals surface area contributed by atoms with Crippen molar-refractivity contribution in [1.82, 2.24) is 15.5 Å². The van der Waals surface area contributed by atoms with E-state index in [0.717, 1.165) is 18.3 Å². The Morgan fingerprint density at radius 2 is 2.08 bits per heavy atom. The van der Waals surface area contributed by atoms with Crippen molar-refractivity contribution in [1.29, 1.82) is 0 Å². The van der Waals surface area contributed by atoms with Crippen molar-refractivity contribution in [3.8, 4) is 5.75 Å². The quantitative estimate of drug-likeness (QED) is 0.595. The molecule has 0 aliphatic carbocycles. The first-order valence-electron chi connectivity index (χ1n) is 9.16. The molecule has 1 heterocycles. The van der Waals surface area contributed by atoms with Crippen LogP contribution in [0.5, 0.6) is 5.75 Å². The van der Waals surface area contributed by atoms with Gasteiger partial charge < -0.3 is 20.3 Å². The number of likely N-dealkylation sites (tertiary alicyclic amines) is 1. The maximum atomic E-state index is 5.55.